The maximum atomic E-state index is 13.3. The number of benzene rings is 2. The van der Waals surface area contributed by atoms with E-state index in [1.165, 1.54) is 0 Å². The summed E-state index contributed by atoms with van der Waals surface area (Å²) in [4.78, 5) is 20.4. The monoisotopic (exact) mass is 350 g/mol. The molecule has 2 aromatic carbocycles. The van der Waals surface area contributed by atoms with Gasteiger partial charge in [-0.3, -0.25) is 14.3 Å². The summed E-state index contributed by atoms with van der Waals surface area (Å²) in [7, 11) is 0. The van der Waals surface area contributed by atoms with Crippen LogP contribution in [0.4, 0.5) is 0 Å². The van der Waals surface area contributed by atoms with Crippen molar-refractivity contribution < 1.29 is 5.11 Å². The van der Waals surface area contributed by atoms with Gasteiger partial charge < -0.3 is 10.4 Å². The number of aromatic hydroxyl groups is 1. The predicted molar refractivity (Wildman–Crippen MR) is 102 cm³/mol. The molecule has 6 nitrogen and oxygen atoms in total. The van der Waals surface area contributed by atoms with Crippen molar-refractivity contribution in [2.45, 2.75) is 13.0 Å². The lowest BCUT2D eigenvalue weighted by Gasteiger charge is -2.33. The summed E-state index contributed by atoms with van der Waals surface area (Å²) in [6.45, 7) is 5.69. The summed E-state index contributed by atoms with van der Waals surface area (Å²) < 4.78 is 1.56. The average Bonchev–Trinajstić information content (AvgIpc) is 2.69. The third-order valence-corrected chi connectivity index (χ3v) is 5.00. The number of hydrogen-bond acceptors (Lipinski definition) is 5. The molecule has 2 heterocycles. The second-order valence-corrected chi connectivity index (χ2v) is 6.58. The molecule has 1 fully saturated rings. The summed E-state index contributed by atoms with van der Waals surface area (Å²) in [5.74, 6) is 0.720. The Bertz CT molecular complexity index is 993. The van der Waals surface area contributed by atoms with E-state index in [1.807, 2.05) is 24.3 Å². The predicted octanol–water partition coefficient (Wildman–Crippen LogP) is 2.06. The van der Waals surface area contributed by atoms with Crippen molar-refractivity contribution in [3.8, 4) is 11.4 Å². The quantitative estimate of drug-likeness (QED) is 0.757. The Hall–Kier alpha value is -2.70. The normalized spacial score (nSPS) is 16.7. The first-order valence-electron chi connectivity index (χ1n) is 8.91. The molecule has 2 N–H and O–H groups in total. The molecule has 134 valence electrons. The Labute approximate surface area is 151 Å². The Balaban J connectivity index is 1.96. The number of phenols is 1. The van der Waals surface area contributed by atoms with Crippen LogP contribution in [0, 0.1) is 0 Å². The van der Waals surface area contributed by atoms with Crippen LogP contribution in [0.5, 0.6) is 5.75 Å². The molecule has 1 aliphatic heterocycles. The minimum Gasteiger partial charge on any atom is -0.506 e. The first-order chi connectivity index (χ1) is 12.7. The lowest BCUT2D eigenvalue weighted by Crippen LogP contribution is -2.45. The molecule has 1 atom stereocenters. The largest absolute Gasteiger partial charge is 0.506 e. The molecular formula is C20H22N4O2. The fraction of sp³-hybridized carbons (Fsp3) is 0.300. The molecule has 26 heavy (non-hydrogen) atoms. The summed E-state index contributed by atoms with van der Waals surface area (Å²) in [5.41, 5.74) is 0.989. The zero-order valence-corrected chi connectivity index (χ0v) is 14.7. The number of para-hydroxylation sites is 3. The van der Waals surface area contributed by atoms with Gasteiger partial charge >= 0.3 is 0 Å². The molecule has 1 aromatic heterocycles. The van der Waals surface area contributed by atoms with Crippen LogP contribution < -0.4 is 10.9 Å². The topological polar surface area (TPSA) is 70.4 Å². The molecule has 3 aromatic rings. The maximum absolute atomic E-state index is 13.3. The number of phenolic OH excluding ortho intramolecular Hbond substituents is 1. The number of rotatable bonds is 3. The second kappa shape index (κ2) is 6.90. The number of nitrogens with one attached hydrogen (secondary N) is 1. The summed E-state index contributed by atoms with van der Waals surface area (Å²) in [5, 5.41) is 14.3. The third kappa shape index (κ3) is 2.87. The van der Waals surface area contributed by atoms with E-state index in [-0.39, 0.29) is 17.4 Å². The van der Waals surface area contributed by atoms with Crippen LogP contribution in [0.15, 0.2) is 53.3 Å². The molecule has 6 heteroatoms. The summed E-state index contributed by atoms with van der Waals surface area (Å²) in [6, 6.07) is 14.2. The van der Waals surface area contributed by atoms with Gasteiger partial charge in [-0.2, -0.15) is 0 Å². The van der Waals surface area contributed by atoms with Crippen LogP contribution in [0.25, 0.3) is 16.6 Å². The molecule has 0 radical (unpaired) electrons. The van der Waals surface area contributed by atoms with Crippen molar-refractivity contribution in [2.75, 3.05) is 26.2 Å². The van der Waals surface area contributed by atoms with Crippen molar-refractivity contribution in [3.63, 3.8) is 0 Å². The molecule has 0 saturated carbocycles. The smallest absolute Gasteiger partial charge is 0.266 e. The van der Waals surface area contributed by atoms with E-state index in [0.717, 1.165) is 26.2 Å². The van der Waals surface area contributed by atoms with E-state index in [1.54, 1.807) is 28.8 Å². The highest BCUT2D eigenvalue weighted by molar-refractivity contribution is 5.78. The molecule has 0 amide bonds. The van der Waals surface area contributed by atoms with Gasteiger partial charge in [0.15, 0.2) is 0 Å². The highest BCUT2D eigenvalue weighted by atomic mass is 16.3. The molecular weight excluding hydrogens is 328 g/mol. The summed E-state index contributed by atoms with van der Waals surface area (Å²) >= 11 is 0. The van der Waals surface area contributed by atoms with E-state index < -0.39 is 0 Å². The molecule has 0 aliphatic carbocycles. The van der Waals surface area contributed by atoms with E-state index in [4.69, 9.17) is 4.98 Å². The van der Waals surface area contributed by atoms with Crippen LogP contribution in [-0.4, -0.2) is 45.7 Å². The van der Waals surface area contributed by atoms with Gasteiger partial charge in [-0.1, -0.05) is 24.3 Å². The van der Waals surface area contributed by atoms with E-state index in [0.29, 0.717) is 22.4 Å². The molecule has 4 rings (SSSR count). The zero-order valence-electron chi connectivity index (χ0n) is 14.7. The lowest BCUT2D eigenvalue weighted by molar-refractivity contribution is 0.177. The summed E-state index contributed by atoms with van der Waals surface area (Å²) in [6.07, 6.45) is 0. The lowest BCUT2D eigenvalue weighted by atomic mass is 10.1. The number of hydrogen-bond donors (Lipinski definition) is 2. The van der Waals surface area contributed by atoms with Gasteiger partial charge in [-0.25, -0.2) is 4.98 Å². The number of nitrogens with zero attached hydrogens (tertiary/aromatic N) is 3. The van der Waals surface area contributed by atoms with Crippen molar-refractivity contribution in [3.05, 3.63) is 64.7 Å². The minimum atomic E-state index is -0.158. The average molecular weight is 350 g/mol. The van der Waals surface area contributed by atoms with Crippen molar-refractivity contribution in [1.82, 2.24) is 19.8 Å². The standard InChI is InChI=1S/C20H22N4O2/c1-14(23-12-10-21-11-13-23)19-22-16-7-3-2-6-15(16)20(26)24(19)17-8-4-5-9-18(17)25/h2-9,14,21,25H,10-13H2,1H3. The highest BCUT2D eigenvalue weighted by Gasteiger charge is 2.25. The second-order valence-electron chi connectivity index (χ2n) is 6.58. The highest BCUT2D eigenvalue weighted by Crippen LogP contribution is 2.26. The van der Waals surface area contributed by atoms with Crippen molar-refractivity contribution in [1.29, 1.82) is 0 Å². The van der Waals surface area contributed by atoms with Crippen molar-refractivity contribution in [2.24, 2.45) is 0 Å². The number of piperazine rings is 1. The third-order valence-electron chi connectivity index (χ3n) is 5.00. The Kier molecular flexibility index (Phi) is 4.44. The Morgan fingerprint density at radius 3 is 2.54 bits per heavy atom. The molecule has 0 bridgehead atoms. The first-order valence-corrected chi connectivity index (χ1v) is 8.91. The van der Waals surface area contributed by atoms with E-state index >= 15 is 0 Å². The van der Waals surface area contributed by atoms with Crippen LogP contribution in [0.1, 0.15) is 18.8 Å². The van der Waals surface area contributed by atoms with Gasteiger partial charge in [0.1, 0.15) is 11.6 Å². The molecule has 1 unspecified atom stereocenters. The van der Waals surface area contributed by atoms with Gasteiger partial charge in [0.25, 0.3) is 5.56 Å². The number of fused-ring (bicyclic) bond motifs is 1. The van der Waals surface area contributed by atoms with E-state index in [2.05, 4.69) is 17.1 Å². The van der Waals surface area contributed by atoms with Crippen LogP contribution in [-0.2, 0) is 0 Å². The number of aromatic nitrogens is 2. The Morgan fingerprint density at radius 1 is 1.08 bits per heavy atom. The van der Waals surface area contributed by atoms with Crippen LogP contribution >= 0.6 is 0 Å². The van der Waals surface area contributed by atoms with Gasteiger partial charge in [0.2, 0.25) is 0 Å². The molecule has 1 saturated heterocycles. The first kappa shape index (κ1) is 16.8. The van der Waals surface area contributed by atoms with Gasteiger partial charge in [0.05, 0.1) is 22.6 Å². The fourth-order valence-electron chi connectivity index (χ4n) is 3.55. The van der Waals surface area contributed by atoms with Crippen LogP contribution in [0.3, 0.4) is 0 Å². The van der Waals surface area contributed by atoms with Crippen molar-refractivity contribution >= 4 is 10.9 Å². The van der Waals surface area contributed by atoms with Gasteiger partial charge in [0, 0.05) is 26.2 Å². The zero-order chi connectivity index (χ0) is 18.1. The van der Waals surface area contributed by atoms with E-state index in [9.17, 15) is 9.90 Å². The molecule has 1 aliphatic rings. The minimum absolute atomic E-state index is 0.0472. The fourth-order valence-corrected chi connectivity index (χ4v) is 3.55. The SMILES string of the molecule is CC(c1nc2ccccc2c(=O)n1-c1ccccc1O)N1CCNCC1. The molecule has 0 spiro atoms. The van der Waals surface area contributed by atoms with Crippen LogP contribution in [0.2, 0.25) is 0 Å². The van der Waals surface area contributed by atoms with Gasteiger partial charge in [-0.05, 0) is 31.2 Å². The Morgan fingerprint density at radius 2 is 1.77 bits per heavy atom. The maximum Gasteiger partial charge on any atom is 0.266 e. The van der Waals surface area contributed by atoms with Gasteiger partial charge in [-0.15, -0.1) is 0 Å².